The van der Waals surface area contributed by atoms with Crippen molar-refractivity contribution in [2.24, 2.45) is 0 Å². The van der Waals surface area contributed by atoms with Crippen LogP contribution in [-0.4, -0.2) is 30.2 Å². The van der Waals surface area contributed by atoms with Crippen LogP contribution in [-0.2, 0) is 67.7 Å². The SMILES string of the molecule is CCOP(=O)(O)CCCc1cc(C[SH+]C)[c-]c(C[SH+]C)c1.[Br][Pd+]. The summed E-state index contributed by atoms with van der Waals surface area (Å²) in [5, 5.41) is 0. The number of aryl methyl sites for hydroxylation is 1. The predicted octanol–water partition coefficient (Wildman–Crippen LogP) is 3.37. The summed E-state index contributed by atoms with van der Waals surface area (Å²) in [6.07, 6.45) is 5.99. The molecule has 0 aliphatic carbocycles. The molecule has 8 heteroatoms. The normalized spacial score (nSPS) is 13.2. The molecule has 3 nitrogen and oxygen atoms in total. The Morgan fingerprint density at radius 3 is 2.22 bits per heavy atom. The number of hydrogen-bond donors (Lipinski definition) is 1. The van der Waals surface area contributed by atoms with E-state index in [2.05, 4.69) is 61.3 Å². The molecule has 0 bridgehead atoms. The molecule has 0 saturated carbocycles. The van der Waals surface area contributed by atoms with Gasteiger partial charge < -0.3 is 9.42 Å². The number of rotatable bonds is 10. The topological polar surface area (TPSA) is 46.5 Å². The third-order valence-electron chi connectivity index (χ3n) is 2.93. The van der Waals surface area contributed by atoms with Crippen LogP contribution < -0.4 is 0 Å². The van der Waals surface area contributed by atoms with Gasteiger partial charge in [0.15, 0.2) is 0 Å². The second-order valence-corrected chi connectivity index (χ2v) is 8.75. The van der Waals surface area contributed by atoms with Gasteiger partial charge in [-0.1, -0.05) is 0 Å². The van der Waals surface area contributed by atoms with Crippen LogP contribution in [0.3, 0.4) is 0 Å². The van der Waals surface area contributed by atoms with Gasteiger partial charge in [0.1, 0.15) is 11.5 Å². The Balaban J connectivity index is 0.00000232. The first-order valence-electron chi connectivity index (χ1n) is 7.24. The zero-order valence-electron chi connectivity index (χ0n) is 13.7. The molecule has 1 aromatic rings. The van der Waals surface area contributed by atoms with Crippen molar-refractivity contribution in [2.75, 3.05) is 25.3 Å². The van der Waals surface area contributed by atoms with E-state index in [0.29, 0.717) is 6.42 Å². The summed E-state index contributed by atoms with van der Waals surface area (Å²) in [6, 6.07) is 7.82. The van der Waals surface area contributed by atoms with E-state index in [1.807, 2.05) is 0 Å². The molecule has 1 unspecified atom stereocenters. The summed E-state index contributed by atoms with van der Waals surface area (Å²) in [4.78, 5) is 9.60. The molecule has 136 valence electrons. The quantitative estimate of drug-likeness (QED) is 0.164. The number of benzene rings is 1. The van der Waals surface area contributed by atoms with Crippen LogP contribution in [0.15, 0.2) is 12.1 Å². The Hall–Kier alpha value is 1.21. The Morgan fingerprint density at radius 2 is 1.78 bits per heavy atom. The van der Waals surface area contributed by atoms with Crippen LogP contribution in [0, 0.1) is 6.07 Å². The Morgan fingerprint density at radius 1 is 1.26 bits per heavy atom. The van der Waals surface area contributed by atoms with Crippen molar-refractivity contribution in [2.45, 2.75) is 31.3 Å². The van der Waals surface area contributed by atoms with Crippen LogP contribution in [0.2, 0.25) is 0 Å². The minimum absolute atomic E-state index is 0.224. The van der Waals surface area contributed by atoms with Crippen LogP contribution >= 0.6 is 21.0 Å². The molecule has 1 rings (SSSR count). The Labute approximate surface area is 166 Å². The number of hydrogen-bond acceptors (Lipinski definition) is 2. The van der Waals surface area contributed by atoms with E-state index in [1.165, 1.54) is 40.2 Å². The molecular weight excluding hydrogens is 510 g/mol. The maximum atomic E-state index is 11.7. The van der Waals surface area contributed by atoms with Gasteiger partial charge in [0.2, 0.25) is 0 Å². The first kappa shape index (κ1) is 24.2. The molecule has 1 atom stereocenters. The minimum atomic E-state index is -3.39. The average molecular weight is 536 g/mol. The van der Waals surface area contributed by atoms with Crippen LogP contribution in [0.25, 0.3) is 0 Å². The molecule has 0 heterocycles. The van der Waals surface area contributed by atoms with Crippen molar-refractivity contribution in [3.05, 3.63) is 34.9 Å². The van der Waals surface area contributed by atoms with Crippen molar-refractivity contribution in [1.29, 1.82) is 0 Å². The van der Waals surface area contributed by atoms with Crippen molar-refractivity contribution in [3.8, 4) is 0 Å². The van der Waals surface area contributed by atoms with Gasteiger partial charge in [0, 0.05) is 0 Å². The average Bonchev–Trinajstić information content (AvgIpc) is 2.49. The monoisotopic (exact) mass is 534 g/mol. The second-order valence-electron chi connectivity index (χ2n) is 4.87. The Bertz CT molecular complexity index is 468. The summed E-state index contributed by atoms with van der Waals surface area (Å²) >= 11 is 8.02. The summed E-state index contributed by atoms with van der Waals surface area (Å²) in [7, 11) is -3.39. The van der Waals surface area contributed by atoms with E-state index in [9.17, 15) is 9.46 Å². The molecule has 23 heavy (non-hydrogen) atoms. The fourth-order valence-electron chi connectivity index (χ4n) is 2.17. The third-order valence-corrected chi connectivity index (χ3v) is 5.79. The van der Waals surface area contributed by atoms with Crippen LogP contribution in [0.5, 0.6) is 0 Å². The molecule has 1 aromatic carbocycles. The van der Waals surface area contributed by atoms with Gasteiger partial charge in [0.05, 0.1) is 25.3 Å². The van der Waals surface area contributed by atoms with E-state index in [-0.39, 0.29) is 12.8 Å². The maximum absolute atomic E-state index is 11.7. The molecule has 0 aromatic heterocycles. The molecule has 0 aliphatic rings. The van der Waals surface area contributed by atoms with Gasteiger partial charge in [-0.15, -0.1) is 11.1 Å². The fourth-order valence-corrected chi connectivity index (χ4v) is 4.28. The summed E-state index contributed by atoms with van der Waals surface area (Å²) in [5.74, 6) is 2.03. The molecule has 1 N–H and O–H groups in total. The van der Waals surface area contributed by atoms with Crippen LogP contribution in [0.1, 0.15) is 30.0 Å². The van der Waals surface area contributed by atoms with Gasteiger partial charge in [0.25, 0.3) is 0 Å². The van der Waals surface area contributed by atoms with Crippen molar-refractivity contribution in [1.82, 2.24) is 0 Å². The zero-order valence-corrected chi connectivity index (χ0v) is 19.5. The van der Waals surface area contributed by atoms with E-state index in [0.717, 1.165) is 17.9 Å². The summed E-state index contributed by atoms with van der Waals surface area (Å²) < 4.78 is 16.6. The van der Waals surface area contributed by atoms with E-state index < -0.39 is 7.60 Å². The van der Waals surface area contributed by atoms with Gasteiger partial charge in [-0.05, 0) is 43.3 Å². The van der Waals surface area contributed by atoms with E-state index in [1.54, 1.807) is 6.92 Å². The summed E-state index contributed by atoms with van der Waals surface area (Å²) in [6.45, 7) is 2.02. The second kappa shape index (κ2) is 14.4. The van der Waals surface area contributed by atoms with Gasteiger partial charge in [-0.25, -0.2) is 0 Å². The first-order valence-corrected chi connectivity index (χ1v) is 15.6. The van der Waals surface area contributed by atoms with Gasteiger partial charge >= 0.3 is 38.2 Å². The zero-order chi connectivity index (χ0) is 17.7. The number of thiol groups is 2. The van der Waals surface area contributed by atoms with Crippen molar-refractivity contribution in [3.63, 3.8) is 0 Å². The molecule has 0 amide bonds. The molecule has 0 fully saturated rings. The standard InChI is InChI=1S/C15H24O3PS2.BrH.Pd/c1-4-18-19(16,17)7-5-6-13-8-14(11-20-2)10-15(9-13)12-21-3;;/h8-9H,4-7,11-12H2,1-3H3,(H,16,17);1H;/q-1;;+2/p+1. The van der Waals surface area contributed by atoms with Crippen LogP contribution in [0.4, 0.5) is 0 Å². The van der Waals surface area contributed by atoms with Crippen molar-refractivity contribution < 1.29 is 31.2 Å². The van der Waals surface area contributed by atoms with Gasteiger partial charge in [-0.2, -0.15) is 23.8 Å². The van der Waals surface area contributed by atoms with Gasteiger partial charge in [-0.3, -0.25) is 4.57 Å². The first-order chi connectivity index (χ1) is 11.0. The predicted molar refractivity (Wildman–Crippen MR) is 106 cm³/mol. The molecule has 0 radical (unpaired) electrons. The van der Waals surface area contributed by atoms with E-state index >= 15 is 0 Å². The molecular formula is C15H26BrO3PPdS2+2. The van der Waals surface area contributed by atoms with E-state index in [4.69, 9.17) is 4.52 Å². The summed E-state index contributed by atoms with van der Waals surface area (Å²) in [5.41, 5.74) is 3.72. The fraction of sp³-hybridized carbons (Fsp3) is 0.600. The molecule has 0 saturated heterocycles. The Kier molecular flexibility index (Phi) is 15.1. The molecule has 0 spiro atoms. The third kappa shape index (κ3) is 11.4. The number of halogens is 1. The molecule has 0 aliphatic heterocycles. The van der Waals surface area contributed by atoms with Crippen molar-refractivity contribution >= 4 is 44.5 Å².